The molecule has 1 unspecified atom stereocenters. The first-order chi connectivity index (χ1) is 8.18. The molecule has 1 aromatic heterocycles. The van der Waals surface area contributed by atoms with Crippen molar-refractivity contribution in [2.45, 2.75) is 32.6 Å². The van der Waals surface area contributed by atoms with Crippen molar-refractivity contribution in [3.8, 4) is 0 Å². The van der Waals surface area contributed by atoms with E-state index in [4.69, 9.17) is 0 Å². The first-order valence-corrected chi connectivity index (χ1v) is 6.37. The molecule has 0 aromatic carbocycles. The normalized spacial score (nSPS) is 24.4. The molecule has 17 heavy (non-hydrogen) atoms. The Kier molecular flexibility index (Phi) is 3.77. The molecule has 2 atom stereocenters. The smallest absolute Gasteiger partial charge is 0.230 e. The summed E-state index contributed by atoms with van der Waals surface area (Å²) in [5.74, 6) is 1.83. The van der Waals surface area contributed by atoms with Crippen LogP contribution in [0.2, 0.25) is 0 Å². The van der Waals surface area contributed by atoms with E-state index in [0.717, 1.165) is 18.7 Å². The van der Waals surface area contributed by atoms with Gasteiger partial charge in [-0.15, -0.1) is 0 Å². The lowest BCUT2D eigenvalue weighted by Gasteiger charge is -2.29. The van der Waals surface area contributed by atoms with Gasteiger partial charge < -0.3 is 0 Å². The van der Waals surface area contributed by atoms with Crippen LogP contribution in [0.25, 0.3) is 0 Å². The van der Waals surface area contributed by atoms with Gasteiger partial charge in [-0.2, -0.15) is 0 Å². The molecule has 0 spiro atoms. The Morgan fingerprint density at radius 2 is 2.24 bits per heavy atom. The van der Waals surface area contributed by atoms with Gasteiger partial charge in [0.15, 0.2) is 0 Å². The summed E-state index contributed by atoms with van der Waals surface area (Å²) in [4.78, 5) is 18.2. The van der Waals surface area contributed by atoms with E-state index in [1.54, 1.807) is 11.1 Å². The zero-order valence-electron chi connectivity index (χ0n) is 10.6. The van der Waals surface area contributed by atoms with Crippen LogP contribution in [-0.2, 0) is 4.79 Å². The van der Waals surface area contributed by atoms with Gasteiger partial charge in [0.05, 0.1) is 0 Å². The minimum atomic E-state index is 0.186. The largest absolute Gasteiger partial charge is 0.300 e. The van der Waals surface area contributed by atoms with Crippen molar-refractivity contribution in [1.82, 2.24) is 4.98 Å². The third kappa shape index (κ3) is 2.84. The fourth-order valence-electron chi connectivity index (χ4n) is 2.60. The Bertz CT molecular complexity index is 377. The van der Waals surface area contributed by atoms with Gasteiger partial charge in [0.1, 0.15) is 5.82 Å². The molecule has 2 rings (SSSR count). The van der Waals surface area contributed by atoms with E-state index in [-0.39, 0.29) is 11.8 Å². The van der Waals surface area contributed by atoms with Gasteiger partial charge in [-0.1, -0.05) is 25.8 Å². The number of carbonyl (C=O) groups is 1. The molecule has 3 heteroatoms. The van der Waals surface area contributed by atoms with E-state index >= 15 is 0 Å². The fourth-order valence-corrected chi connectivity index (χ4v) is 2.60. The van der Waals surface area contributed by atoms with E-state index in [1.807, 2.05) is 25.2 Å². The highest BCUT2D eigenvalue weighted by Gasteiger charge is 2.27. The number of anilines is 1. The van der Waals surface area contributed by atoms with Gasteiger partial charge in [0.2, 0.25) is 5.91 Å². The number of amides is 1. The maximum atomic E-state index is 12.3. The fraction of sp³-hybridized carbons (Fsp3) is 0.571. The Morgan fingerprint density at radius 3 is 2.88 bits per heavy atom. The van der Waals surface area contributed by atoms with Crippen LogP contribution in [0.3, 0.4) is 0 Å². The highest BCUT2D eigenvalue weighted by molar-refractivity contribution is 5.93. The third-order valence-electron chi connectivity index (χ3n) is 3.61. The second-order valence-corrected chi connectivity index (χ2v) is 5.05. The average Bonchev–Trinajstić information content (AvgIpc) is 2.38. The van der Waals surface area contributed by atoms with Crippen molar-refractivity contribution in [1.29, 1.82) is 0 Å². The standard InChI is InChI=1S/C14H20N2O/c1-11-6-5-7-12(10-11)14(17)16(2)13-8-3-4-9-15-13/h3-4,8-9,11-12H,5-7,10H2,1-2H3/t11-,12?/m1/s1. The van der Waals surface area contributed by atoms with Crippen LogP contribution in [0, 0.1) is 11.8 Å². The Hall–Kier alpha value is -1.38. The Balaban J connectivity index is 2.04. The summed E-state index contributed by atoms with van der Waals surface area (Å²) in [5.41, 5.74) is 0. The zero-order valence-corrected chi connectivity index (χ0v) is 10.6. The van der Waals surface area contributed by atoms with Crippen LogP contribution in [0.5, 0.6) is 0 Å². The Labute approximate surface area is 103 Å². The number of aromatic nitrogens is 1. The number of rotatable bonds is 2. The molecular weight excluding hydrogens is 212 g/mol. The molecule has 0 bridgehead atoms. The maximum absolute atomic E-state index is 12.3. The molecule has 3 nitrogen and oxygen atoms in total. The molecule has 1 saturated carbocycles. The lowest BCUT2D eigenvalue weighted by Crippen LogP contribution is -2.35. The molecule has 0 saturated heterocycles. The highest BCUT2D eigenvalue weighted by Crippen LogP contribution is 2.30. The number of nitrogens with zero attached hydrogens (tertiary/aromatic N) is 2. The highest BCUT2D eigenvalue weighted by atomic mass is 16.2. The molecular formula is C14H20N2O. The quantitative estimate of drug-likeness (QED) is 0.785. The maximum Gasteiger partial charge on any atom is 0.230 e. The summed E-state index contributed by atoms with van der Waals surface area (Å²) < 4.78 is 0. The van der Waals surface area contributed by atoms with E-state index in [2.05, 4.69) is 11.9 Å². The van der Waals surface area contributed by atoms with Gasteiger partial charge in [-0.3, -0.25) is 9.69 Å². The van der Waals surface area contributed by atoms with E-state index in [9.17, 15) is 4.79 Å². The third-order valence-corrected chi connectivity index (χ3v) is 3.61. The lowest BCUT2D eigenvalue weighted by molar-refractivity contribution is -0.123. The minimum Gasteiger partial charge on any atom is -0.300 e. The second-order valence-electron chi connectivity index (χ2n) is 5.05. The average molecular weight is 232 g/mol. The molecule has 1 aromatic rings. The molecule has 0 radical (unpaired) electrons. The van der Waals surface area contributed by atoms with Crippen LogP contribution in [-0.4, -0.2) is 17.9 Å². The molecule has 1 aliphatic rings. The van der Waals surface area contributed by atoms with Crippen molar-refractivity contribution >= 4 is 11.7 Å². The molecule has 0 aliphatic heterocycles. The van der Waals surface area contributed by atoms with Gasteiger partial charge in [0, 0.05) is 19.2 Å². The van der Waals surface area contributed by atoms with Crippen LogP contribution >= 0.6 is 0 Å². The van der Waals surface area contributed by atoms with Crippen molar-refractivity contribution in [2.24, 2.45) is 11.8 Å². The summed E-state index contributed by atoms with van der Waals surface area (Å²) in [6, 6.07) is 5.66. The second kappa shape index (κ2) is 5.30. The van der Waals surface area contributed by atoms with Crippen LogP contribution in [0.15, 0.2) is 24.4 Å². The lowest BCUT2D eigenvalue weighted by atomic mass is 9.82. The molecule has 1 fully saturated rings. The van der Waals surface area contributed by atoms with Gasteiger partial charge in [0.25, 0.3) is 0 Å². The summed E-state index contributed by atoms with van der Waals surface area (Å²) in [6.45, 7) is 2.24. The summed E-state index contributed by atoms with van der Waals surface area (Å²) in [5, 5.41) is 0. The summed E-state index contributed by atoms with van der Waals surface area (Å²) in [7, 11) is 1.82. The van der Waals surface area contributed by atoms with Crippen LogP contribution < -0.4 is 4.90 Å². The molecule has 1 amide bonds. The minimum absolute atomic E-state index is 0.186. The SMILES string of the molecule is C[C@@H]1CCCC(C(=O)N(C)c2ccccn2)C1. The van der Waals surface area contributed by atoms with E-state index < -0.39 is 0 Å². The van der Waals surface area contributed by atoms with Gasteiger partial charge in [-0.05, 0) is 30.9 Å². The molecule has 0 N–H and O–H groups in total. The topological polar surface area (TPSA) is 33.2 Å². The number of carbonyl (C=O) groups excluding carboxylic acids is 1. The predicted octanol–water partition coefficient (Wildman–Crippen LogP) is 2.87. The molecule has 1 aliphatic carbocycles. The number of hydrogen-bond donors (Lipinski definition) is 0. The Morgan fingerprint density at radius 1 is 1.41 bits per heavy atom. The first kappa shape index (κ1) is 12.1. The van der Waals surface area contributed by atoms with E-state index in [0.29, 0.717) is 5.92 Å². The monoisotopic (exact) mass is 232 g/mol. The van der Waals surface area contributed by atoms with Crippen LogP contribution in [0.4, 0.5) is 5.82 Å². The predicted molar refractivity (Wildman–Crippen MR) is 68.8 cm³/mol. The van der Waals surface area contributed by atoms with Gasteiger partial charge in [-0.25, -0.2) is 4.98 Å². The first-order valence-electron chi connectivity index (χ1n) is 6.37. The molecule has 1 heterocycles. The number of pyridine rings is 1. The molecule has 92 valence electrons. The summed E-state index contributed by atoms with van der Waals surface area (Å²) in [6.07, 6.45) is 6.21. The number of hydrogen-bond acceptors (Lipinski definition) is 2. The van der Waals surface area contributed by atoms with Crippen LogP contribution in [0.1, 0.15) is 32.6 Å². The van der Waals surface area contributed by atoms with Gasteiger partial charge >= 0.3 is 0 Å². The summed E-state index contributed by atoms with van der Waals surface area (Å²) >= 11 is 0. The van der Waals surface area contributed by atoms with E-state index in [1.165, 1.54) is 12.8 Å². The van der Waals surface area contributed by atoms with Crippen molar-refractivity contribution in [3.63, 3.8) is 0 Å². The van der Waals surface area contributed by atoms with Crippen molar-refractivity contribution in [2.75, 3.05) is 11.9 Å². The van der Waals surface area contributed by atoms with Crippen molar-refractivity contribution < 1.29 is 4.79 Å². The zero-order chi connectivity index (χ0) is 12.3. The van der Waals surface area contributed by atoms with Crippen molar-refractivity contribution in [3.05, 3.63) is 24.4 Å².